The SMILES string of the molecule is CC(C)[C@H](NS(=O)(=O)Cc1ccccc1)C(=O)N1CCc2ccccc21. The summed E-state index contributed by atoms with van der Waals surface area (Å²) in [6, 6.07) is 16.0. The summed E-state index contributed by atoms with van der Waals surface area (Å²) in [4.78, 5) is 14.8. The lowest BCUT2D eigenvalue weighted by atomic mass is 10.0. The summed E-state index contributed by atoms with van der Waals surface area (Å²) in [6.45, 7) is 4.30. The van der Waals surface area contributed by atoms with E-state index in [2.05, 4.69) is 4.72 Å². The number of para-hydroxylation sites is 1. The first-order valence-corrected chi connectivity index (χ1v) is 10.5. The number of anilines is 1. The number of nitrogens with zero attached hydrogens (tertiary/aromatic N) is 1. The van der Waals surface area contributed by atoms with Crippen molar-refractivity contribution < 1.29 is 13.2 Å². The second kappa shape index (κ2) is 7.60. The van der Waals surface area contributed by atoms with Gasteiger partial charge in [-0.2, -0.15) is 0 Å². The summed E-state index contributed by atoms with van der Waals surface area (Å²) in [5.74, 6) is -0.483. The first kappa shape index (κ1) is 18.6. The maximum absolute atomic E-state index is 13.1. The monoisotopic (exact) mass is 372 g/mol. The molecule has 3 rings (SSSR count). The fourth-order valence-electron chi connectivity index (χ4n) is 3.24. The molecule has 6 heteroatoms. The Morgan fingerprint density at radius 3 is 2.42 bits per heavy atom. The maximum atomic E-state index is 13.1. The van der Waals surface area contributed by atoms with Crippen molar-refractivity contribution in [2.75, 3.05) is 11.4 Å². The molecule has 1 N–H and O–H groups in total. The predicted octanol–water partition coefficient (Wildman–Crippen LogP) is 2.72. The van der Waals surface area contributed by atoms with E-state index in [0.717, 1.165) is 17.7 Å². The number of amides is 1. The Hall–Kier alpha value is -2.18. The number of sulfonamides is 1. The number of hydrogen-bond acceptors (Lipinski definition) is 3. The zero-order valence-corrected chi connectivity index (χ0v) is 15.9. The molecule has 0 saturated carbocycles. The van der Waals surface area contributed by atoms with E-state index < -0.39 is 16.1 Å². The second-order valence-electron chi connectivity index (χ2n) is 6.95. The lowest BCUT2D eigenvalue weighted by Gasteiger charge is -2.27. The minimum absolute atomic E-state index is 0.138. The molecule has 2 aromatic rings. The van der Waals surface area contributed by atoms with Crippen molar-refractivity contribution in [3.05, 3.63) is 65.7 Å². The number of benzene rings is 2. The van der Waals surface area contributed by atoms with Crippen LogP contribution in [0.2, 0.25) is 0 Å². The summed E-state index contributed by atoms with van der Waals surface area (Å²) in [6.07, 6.45) is 0.795. The summed E-state index contributed by atoms with van der Waals surface area (Å²) >= 11 is 0. The van der Waals surface area contributed by atoms with E-state index in [-0.39, 0.29) is 17.6 Å². The topological polar surface area (TPSA) is 66.5 Å². The molecule has 138 valence electrons. The number of rotatable bonds is 6. The molecule has 0 radical (unpaired) electrons. The van der Waals surface area contributed by atoms with E-state index in [4.69, 9.17) is 0 Å². The van der Waals surface area contributed by atoms with Crippen molar-refractivity contribution in [1.29, 1.82) is 0 Å². The summed E-state index contributed by atoms with van der Waals surface area (Å²) in [5.41, 5.74) is 2.70. The highest BCUT2D eigenvalue weighted by atomic mass is 32.2. The Morgan fingerprint density at radius 1 is 1.08 bits per heavy atom. The van der Waals surface area contributed by atoms with Gasteiger partial charge < -0.3 is 4.90 Å². The number of carbonyl (C=O) groups excluding carboxylic acids is 1. The van der Waals surface area contributed by atoms with E-state index in [0.29, 0.717) is 12.1 Å². The van der Waals surface area contributed by atoms with Gasteiger partial charge in [-0.3, -0.25) is 4.79 Å². The van der Waals surface area contributed by atoms with Gasteiger partial charge in [0.25, 0.3) is 0 Å². The minimum Gasteiger partial charge on any atom is -0.310 e. The van der Waals surface area contributed by atoms with Crippen molar-refractivity contribution in [2.45, 2.75) is 32.1 Å². The van der Waals surface area contributed by atoms with Crippen LogP contribution < -0.4 is 9.62 Å². The summed E-state index contributed by atoms with van der Waals surface area (Å²) in [5, 5.41) is 0. The number of fused-ring (bicyclic) bond motifs is 1. The van der Waals surface area contributed by atoms with Crippen LogP contribution >= 0.6 is 0 Å². The van der Waals surface area contributed by atoms with Gasteiger partial charge in [0.1, 0.15) is 6.04 Å². The van der Waals surface area contributed by atoms with E-state index >= 15 is 0 Å². The van der Waals surface area contributed by atoms with Gasteiger partial charge in [0.15, 0.2) is 0 Å². The maximum Gasteiger partial charge on any atom is 0.245 e. The second-order valence-corrected chi connectivity index (χ2v) is 8.71. The molecule has 1 atom stereocenters. The Labute approximate surface area is 155 Å². The molecule has 0 aliphatic carbocycles. The van der Waals surface area contributed by atoms with Crippen LogP contribution in [0.25, 0.3) is 0 Å². The smallest absolute Gasteiger partial charge is 0.245 e. The van der Waals surface area contributed by atoms with Crippen LogP contribution in [0.15, 0.2) is 54.6 Å². The highest BCUT2D eigenvalue weighted by molar-refractivity contribution is 7.88. The standard InChI is InChI=1S/C20H24N2O3S/c1-15(2)19(21-26(24,25)14-16-8-4-3-5-9-16)20(23)22-13-12-17-10-6-7-11-18(17)22/h3-11,15,19,21H,12-14H2,1-2H3/t19-/m0/s1. The van der Waals surface area contributed by atoms with Crippen LogP contribution in [-0.4, -0.2) is 26.9 Å². The molecule has 1 aliphatic rings. The normalized spacial score (nSPS) is 15.1. The summed E-state index contributed by atoms with van der Waals surface area (Å²) in [7, 11) is -3.63. The fourth-order valence-corrected chi connectivity index (χ4v) is 4.71. The number of carbonyl (C=O) groups is 1. The molecule has 0 unspecified atom stereocenters. The zero-order valence-electron chi connectivity index (χ0n) is 15.1. The Bertz CT molecular complexity index is 879. The highest BCUT2D eigenvalue weighted by Crippen LogP contribution is 2.28. The van der Waals surface area contributed by atoms with Gasteiger partial charge in [0, 0.05) is 12.2 Å². The molecule has 0 fully saturated rings. The van der Waals surface area contributed by atoms with E-state index in [9.17, 15) is 13.2 Å². The van der Waals surface area contributed by atoms with Gasteiger partial charge in [-0.25, -0.2) is 13.1 Å². The van der Waals surface area contributed by atoms with Crippen LogP contribution in [0.5, 0.6) is 0 Å². The molecule has 0 saturated heterocycles. The molecule has 1 amide bonds. The van der Waals surface area contributed by atoms with Crippen molar-refractivity contribution in [2.24, 2.45) is 5.92 Å². The van der Waals surface area contributed by atoms with Gasteiger partial charge in [-0.05, 0) is 29.5 Å². The van der Waals surface area contributed by atoms with Crippen molar-refractivity contribution >= 4 is 21.6 Å². The molecule has 0 spiro atoms. The average Bonchev–Trinajstić information content (AvgIpc) is 3.03. The minimum atomic E-state index is -3.63. The van der Waals surface area contributed by atoms with E-state index in [1.54, 1.807) is 29.2 Å². The molecule has 0 bridgehead atoms. The molecule has 5 nitrogen and oxygen atoms in total. The van der Waals surface area contributed by atoms with Gasteiger partial charge in [-0.1, -0.05) is 62.4 Å². The van der Waals surface area contributed by atoms with Crippen LogP contribution in [-0.2, 0) is 27.0 Å². The van der Waals surface area contributed by atoms with Crippen LogP contribution in [0.1, 0.15) is 25.0 Å². The molecular weight excluding hydrogens is 348 g/mol. The fraction of sp³-hybridized carbons (Fsp3) is 0.350. The van der Waals surface area contributed by atoms with Crippen molar-refractivity contribution in [1.82, 2.24) is 4.72 Å². The zero-order chi connectivity index (χ0) is 18.7. The first-order chi connectivity index (χ1) is 12.4. The lowest BCUT2D eigenvalue weighted by Crippen LogP contribution is -2.51. The molecule has 2 aromatic carbocycles. The van der Waals surface area contributed by atoms with Gasteiger partial charge >= 0.3 is 0 Å². The van der Waals surface area contributed by atoms with Crippen molar-refractivity contribution in [3.8, 4) is 0 Å². The average molecular weight is 372 g/mol. The third kappa shape index (κ3) is 4.14. The van der Waals surface area contributed by atoms with Gasteiger partial charge in [0.2, 0.25) is 15.9 Å². The third-order valence-electron chi connectivity index (χ3n) is 4.59. The quantitative estimate of drug-likeness (QED) is 0.848. The first-order valence-electron chi connectivity index (χ1n) is 8.80. The molecule has 0 aromatic heterocycles. The Kier molecular flexibility index (Phi) is 5.44. The number of nitrogens with one attached hydrogen (secondary N) is 1. The lowest BCUT2D eigenvalue weighted by molar-refractivity contribution is -0.121. The Morgan fingerprint density at radius 2 is 1.73 bits per heavy atom. The molecular formula is C20H24N2O3S. The van der Waals surface area contributed by atoms with Crippen LogP contribution in [0.3, 0.4) is 0 Å². The third-order valence-corrected chi connectivity index (χ3v) is 5.92. The highest BCUT2D eigenvalue weighted by Gasteiger charge is 2.34. The van der Waals surface area contributed by atoms with E-state index in [1.165, 1.54) is 0 Å². The Balaban J connectivity index is 1.78. The molecule has 1 heterocycles. The predicted molar refractivity (Wildman–Crippen MR) is 103 cm³/mol. The van der Waals surface area contributed by atoms with Gasteiger partial charge in [-0.15, -0.1) is 0 Å². The molecule has 1 aliphatic heterocycles. The largest absolute Gasteiger partial charge is 0.310 e. The van der Waals surface area contributed by atoms with Crippen LogP contribution in [0, 0.1) is 5.92 Å². The van der Waals surface area contributed by atoms with Crippen LogP contribution in [0.4, 0.5) is 5.69 Å². The van der Waals surface area contributed by atoms with Crippen molar-refractivity contribution in [3.63, 3.8) is 0 Å². The summed E-state index contributed by atoms with van der Waals surface area (Å²) < 4.78 is 27.8. The molecule has 26 heavy (non-hydrogen) atoms. The van der Waals surface area contributed by atoms with Gasteiger partial charge in [0.05, 0.1) is 5.75 Å². The number of hydrogen-bond donors (Lipinski definition) is 1. The van der Waals surface area contributed by atoms with E-state index in [1.807, 2.05) is 44.2 Å².